The molecule has 0 saturated heterocycles. The molecule has 2 N–H and O–H groups in total. The Labute approximate surface area is 123 Å². The molecule has 1 aromatic heterocycles. The normalized spacial score (nSPS) is 13.7. The quantitative estimate of drug-likeness (QED) is 0.874. The maximum Gasteiger partial charge on any atom is 0.419 e. The van der Waals surface area contributed by atoms with Crippen molar-refractivity contribution in [3.8, 4) is 0 Å². The Balaban J connectivity index is 2.45. The van der Waals surface area contributed by atoms with Crippen molar-refractivity contribution in [1.29, 1.82) is 0 Å². The molecule has 1 atom stereocenters. The van der Waals surface area contributed by atoms with Gasteiger partial charge in [-0.25, -0.2) is 4.39 Å². The van der Waals surface area contributed by atoms with Gasteiger partial charge in [-0.3, -0.25) is 0 Å². The molecule has 0 fully saturated rings. The molecule has 114 valence electrons. The van der Waals surface area contributed by atoms with Crippen molar-refractivity contribution in [1.82, 2.24) is 9.59 Å². The second-order valence-corrected chi connectivity index (χ2v) is 5.68. The van der Waals surface area contributed by atoms with Gasteiger partial charge >= 0.3 is 6.18 Å². The van der Waals surface area contributed by atoms with Crippen LogP contribution in [0.5, 0.6) is 0 Å². The van der Waals surface area contributed by atoms with Crippen LogP contribution in [-0.4, -0.2) is 9.59 Å². The van der Waals surface area contributed by atoms with Crippen molar-refractivity contribution >= 4 is 11.5 Å². The van der Waals surface area contributed by atoms with Gasteiger partial charge in [0.1, 0.15) is 5.82 Å². The summed E-state index contributed by atoms with van der Waals surface area (Å²) in [6, 6.07) is 1.95. The molecule has 2 aromatic rings. The number of aromatic nitrogens is 2. The monoisotopic (exact) mass is 319 g/mol. The van der Waals surface area contributed by atoms with Gasteiger partial charge in [0.05, 0.1) is 22.2 Å². The molecular formula is C13H13F4N3S. The third kappa shape index (κ3) is 3.21. The van der Waals surface area contributed by atoms with Crippen LogP contribution in [0.15, 0.2) is 18.2 Å². The van der Waals surface area contributed by atoms with Crippen LogP contribution in [0.1, 0.15) is 47.5 Å². The van der Waals surface area contributed by atoms with Crippen LogP contribution in [0, 0.1) is 5.82 Å². The molecule has 0 saturated carbocycles. The number of alkyl halides is 3. The maximum atomic E-state index is 13.3. The number of rotatable bonds is 3. The molecule has 0 aliphatic carbocycles. The zero-order valence-corrected chi connectivity index (χ0v) is 12.1. The molecule has 0 spiro atoms. The van der Waals surface area contributed by atoms with E-state index in [-0.39, 0.29) is 11.5 Å². The average molecular weight is 319 g/mol. The summed E-state index contributed by atoms with van der Waals surface area (Å²) in [7, 11) is 0. The first-order valence-corrected chi connectivity index (χ1v) is 6.93. The van der Waals surface area contributed by atoms with E-state index in [0.29, 0.717) is 10.6 Å². The number of benzene rings is 1. The van der Waals surface area contributed by atoms with Crippen LogP contribution in [0.3, 0.4) is 0 Å². The first kappa shape index (κ1) is 15.8. The van der Waals surface area contributed by atoms with Gasteiger partial charge in [-0.15, -0.1) is 5.10 Å². The second-order valence-electron chi connectivity index (χ2n) is 4.89. The molecule has 1 aromatic carbocycles. The Morgan fingerprint density at radius 1 is 1.24 bits per heavy atom. The summed E-state index contributed by atoms with van der Waals surface area (Å²) in [5.74, 6) is -1.27. The largest absolute Gasteiger partial charge is 0.419 e. The van der Waals surface area contributed by atoms with Crippen LogP contribution >= 0.6 is 11.5 Å². The molecule has 21 heavy (non-hydrogen) atoms. The highest BCUT2D eigenvalue weighted by Gasteiger charge is 2.35. The standard InChI is InChI=1S/C13H13F4N3S/c1-6(2)11-12(21-20-19-11)10(18)7-3-4-9(14)8(5-7)13(15,16)17/h3-6,10H,18H2,1-2H3. The summed E-state index contributed by atoms with van der Waals surface area (Å²) in [5.41, 5.74) is 5.50. The molecule has 0 aliphatic rings. The lowest BCUT2D eigenvalue weighted by Gasteiger charge is -2.15. The van der Waals surface area contributed by atoms with Crippen LogP contribution in [0.4, 0.5) is 17.6 Å². The van der Waals surface area contributed by atoms with E-state index < -0.39 is 23.6 Å². The Bertz CT molecular complexity index is 637. The SMILES string of the molecule is CC(C)c1nnsc1C(N)c1ccc(F)c(C(F)(F)F)c1. The first-order valence-electron chi connectivity index (χ1n) is 6.16. The van der Waals surface area contributed by atoms with Gasteiger partial charge < -0.3 is 5.73 Å². The molecule has 0 bridgehead atoms. The lowest BCUT2D eigenvalue weighted by molar-refractivity contribution is -0.140. The average Bonchev–Trinajstić information content (AvgIpc) is 2.86. The summed E-state index contributed by atoms with van der Waals surface area (Å²) >= 11 is 1.04. The first-order chi connectivity index (χ1) is 9.71. The Morgan fingerprint density at radius 2 is 1.90 bits per heavy atom. The van der Waals surface area contributed by atoms with Gasteiger partial charge in [0.2, 0.25) is 0 Å². The second kappa shape index (κ2) is 5.69. The smallest absolute Gasteiger partial charge is 0.320 e. The van der Waals surface area contributed by atoms with E-state index >= 15 is 0 Å². The van der Waals surface area contributed by atoms with Crippen LogP contribution in [-0.2, 0) is 6.18 Å². The third-order valence-electron chi connectivity index (χ3n) is 3.02. The van der Waals surface area contributed by atoms with Crippen LogP contribution in [0.2, 0.25) is 0 Å². The molecule has 0 amide bonds. The van der Waals surface area contributed by atoms with Crippen molar-refractivity contribution in [2.45, 2.75) is 32.0 Å². The summed E-state index contributed by atoms with van der Waals surface area (Å²) in [5, 5.41) is 3.94. The molecule has 3 nitrogen and oxygen atoms in total. The van der Waals surface area contributed by atoms with Crippen molar-refractivity contribution in [2.75, 3.05) is 0 Å². The molecule has 0 aliphatic heterocycles. The van der Waals surface area contributed by atoms with E-state index in [1.54, 1.807) is 0 Å². The van der Waals surface area contributed by atoms with Crippen molar-refractivity contribution < 1.29 is 17.6 Å². The Kier molecular flexibility index (Phi) is 4.29. The van der Waals surface area contributed by atoms with Gasteiger partial charge in [-0.1, -0.05) is 24.4 Å². The minimum Gasteiger partial charge on any atom is -0.320 e. The van der Waals surface area contributed by atoms with E-state index in [1.807, 2.05) is 13.8 Å². The molecule has 0 radical (unpaired) electrons. The summed E-state index contributed by atoms with van der Waals surface area (Å²) < 4.78 is 55.3. The molecule has 1 unspecified atom stereocenters. The minimum absolute atomic E-state index is 0.0485. The van der Waals surface area contributed by atoms with E-state index in [2.05, 4.69) is 9.59 Å². The van der Waals surface area contributed by atoms with Crippen LogP contribution < -0.4 is 5.73 Å². The predicted octanol–water partition coefficient (Wildman–Crippen LogP) is 3.87. The van der Waals surface area contributed by atoms with E-state index in [1.165, 1.54) is 6.07 Å². The van der Waals surface area contributed by atoms with Crippen molar-refractivity contribution in [2.24, 2.45) is 5.73 Å². The fourth-order valence-electron chi connectivity index (χ4n) is 1.93. The predicted molar refractivity (Wildman–Crippen MR) is 71.4 cm³/mol. The Morgan fingerprint density at radius 3 is 2.48 bits per heavy atom. The number of hydrogen-bond donors (Lipinski definition) is 1. The van der Waals surface area contributed by atoms with Gasteiger partial charge in [-0.05, 0) is 35.1 Å². The molecule has 2 rings (SSSR count). The van der Waals surface area contributed by atoms with Gasteiger partial charge in [-0.2, -0.15) is 13.2 Å². The highest BCUT2D eigenvalue weighted by atomic mass is 32.1. The zero-order chi connectivity index (χ0) is 15.8. The van der Waals surface area contributed by atoms with Crippen molar-refractivity contribution in [3.05, 3.63) is 45.7 Å². The van der Waals surface area contributed by atoms with E-state index in [0.717, 1.165) is 23.7 Å². The molecular weight excluding hydrogens is 306 g/mol. The van der Waals surface area contributed by atoms with E-state index in [4.69, 9.17) is 5.73 Å². The minimum atomic E-state index is -4.76. The van der Waals surface area contributed by atoms with Gasteiger partial charge in [0.25, 0.3) is 0 Å². The fourth-order valence-corrected chi connectivity index (χ4v) is 2.76. The van der Waals surface area contributed by atoms with Gasteiger partial charge in [0.15, 0.2) is 0 Å². The lowest BCUT2D eigenvalue weighted by atomic mass is 9.99. The number of nitrogens with two attached hydrogens (primary N) is 1. The number of nitrogens with zero attached hydrogens (tertiary/aromatic N) is 2. The summed E-state index contributed by atoms with van der Waals surface area (Å²) in [4.78, 5) is 0.588. The molecule has 8 heteroatoms. The summed E-state index contributed by atoms with van der Waals surface area (Å²) in [6.45, 7) is 3.78. The summed E-state index contributed by atoms with van der Waals surface area (Å²) in [6.07, 6.45) is -4.76. The van der Waals surface area contributed by atoms with Gasteiger partial charge in [0, 0.05) is 0 Å². The molecule has 1 heterocycles. The highest BCUT2D eigenvalue weighted by molar-refractivity contribution is 7.05. The highest BCUT2D eigenvalue weighted by Crippen LogP contribution is 2.35. The Hall–Kier alpha value is -1.54. The topological polar surface area (TPSA) is 51.8 Å². The third-order valence-corrected chi connectivity index (χ3v) is 3.85. The zero-order valence-electron chi connectivity index (χ0n) is 11.3. The van der Waals surface area contributed by atoms with Crippen LogP contribution in [0.25, 0.3) is 0 Å². The number of hydrogen-bond acceptors (Lipinski definition) is 4. The van der Waals surface area contributed by atoms with Crippen molar-refractivity contribution in [3.63, 3.8) is 0 Å². The number of halogens is 4. The van der Waals surface area contributed by atoms with E-state index in [9.17, 15) is 17.6 Å². The maximum absolute atomic E-state index is 13.3. The lowest BCUT2D eigenvalue weighted by Crippen LogP contribution is -2.15. The fraction of sp³-hybridized carbons (Fsp3) is 0.385.